The number of benzene rings is 1. The van der Waals surface area contributed by atoms with Crippen molar-refractivity contribution in [3.8, 4) is 11.8 Å². The summed E-state index contributed by atoms with van der Waals surface area (Å²) in [6.07, 6.45) is 3.29. The molecule has 0 bridgehead atoms. The van der Waals surface area contributed by atoms with E-state index in [1.54, 1.807) is 35.2 Å². The number of halogens is 1. The Morgan fingerprint density at radius 2 is 2.37 bits per heavy atom. The Labute approximate surface area is 118 Å². The Morgan fingerprint density at radius 1 is 1.58 bits per heavy atom. The smallest absolute Gasteiger partial charge is 0.313 e. The van der Waals surface area contributed by atoms with E-state index in [0.29, 0.717) is 15.7 Å². The van der Waals surface area contributed by atoms with Gasteiger partial charge in [-0.15, -0.1) is 0 Å². The second kappa shape index (κ2) is 5.78. The maximum atomic E-state index is 10.6. The van der Waals surface area contributed by atoms with Crippen LogP contribution in [-0.2, 0) is 4.79 Å². The van der Waals surface area contributed by atoms with Gasteiger partial charge in [0.15, 0.2) is 5.16 Å². The van der Waals surface area contributed by atoms with Crippen LogP contribution >= 0.6 is 23.4 Å². The van der Waals surface area contributed by atoms with Crippen molar-refractivity contribution in [2.45, 2.75) is 5.16 Å². The summed E-state index contributed by atoms with van der Waals surface area (Å²) < 4.78 is 1.72. The molecule has 7 heteroatoms. The van der Waals surface area contributed by atoms with Crippen molar-refractivity contribution in [1.29, 1.82) is 5.26 Å². The number of thioether (sulfide) groups is 1. The van der Waals surface area contributed by atoms with E-state index in [0.717, 1.165) is 17.4 Å². The van der Waals surface area contributed by atoms with Gasteiger partial charge in [-0.3, -0.25) is 9.36 Å². The van der Waals surface area contributed by atoms with Crippen molar-refractivity contribution in [1.82, 2.24) is 9.55 Å². The predicted molar refractivity (Wildman–Crippen MR) is 71.6 cm³/mol. The number of nitrogens with zero attached hydrogens (tertiary/aromatic N) is 3. The summed E-state index contributed by atoms with van der Waals surface area (Å²) >= 11 is 7.09. The molecule has 0 aliphatic carbocycles. The first-order valence-corrected chi connectivity index (χ1v) is 6.56. The molecule has 5 nitrogen and oxygen atoms in total. The fraction of sp³-hybridized carbons (Fsp3) is 0.0833. The number of aromatic nitrogens is 2. The number of carboxylic acid groups (broad SMARTS) is 1. The first-order valence-electron chi connectivity index (χ1n) is 5.20. The average Bonchev–Trinajstić information content (AvgIpc) is 2.84. The predicted octanol–water partition coefficient (Wildman–Crippen LogP) is 2.57. The van der Waals surface area contributed by atoms with Gasteiger partial charge in [-0.05, 0) is 18.2 Å². The summed E-state index contributed by atoms with van der Waals surface area (Å²) in [5.74, 6) is -0.974. The molecule has 0 fully saturated rings. The van der Waals surface area contributed by atoms with Crippen molar-refractivity contribution >= 4 is 29.3 Å². The molecule has 19 heavy (non-hydrogen) atoms. The second-order valence-electron chi connectivity index (χ2n) is 3.54. The van der Waals surface area contributed by atoms with Crippen LogP contribution in [0.3, 0.4) is 0 Å². The Bertz CT molecular complexity index is 663. The lowest BCUT2D eigenvalue weighted by Gasteiger charge is -2.07. The highest BCUT2D eigenvalue weighted by atomic mass is 35.5. The maximum Gasteiger partial charge on any atom is 0.313 e. The van der Waals surface area contributed by atoms with Crippen molar-refractivity contribution in [2.75, 3.05) is 5.75 Å². The summed E-state index contributed by atoms with van der Waals surface area (Å²) in [6.45, 7) is 0. The number of nitriles is 1. The number of imidazole rings is 1. The quantitative estimate of drug-likeness (QED) is 0.877. The lowest BCUT2D eigenvalue weighted by molar-refractivity contribution is -0.133. The molecule has 0 atom stereocenters. The summed E-state index contributed by atoms with van der Waals surface area (Å²) in [4.78, 5) is 14.7. The zero-order valence-electron chi connectivity index (χ0n) is 9.58. The minimum absolute atomic E-state index is 0.0684. The largest absolute Gasteiger partial charge is 0.481 e. The van der Waals surface area contributed by atoms with Crippen molar-refractivity contribution in [3.63, 3.8) is 0 Å². The maximum absolute atomic E-state index is 10.6. The molecule has 0 radical (unpaired) electrons. The molecule has 0 aliphatic heterocycles. The summed E-state index contributed by atoms with van der Waals surface area (Å²) in [6, 6.07) is 6.98. The Kier molecular flexibility index (Phi) is 4.10. The minimum Gasteiger partial charge on any atom is -0.481 e. The normalized spacial score (nSPS) is 10.1. The fourth-order valence-corrected chi connectivity index (χ4v) is 2.37. The molecular weight excluding hydrogens is 286 g/mol. The fourth-order valence-electron chi connectivity index (χ4n) is 1.46. The van der Waals surface area contributed by atoms with Gasteiger partial charge in [0.05, 0.1) is 16.3 Å². The molecule has 0 unspecified atom stereocenters. The van der Waals surface area contributed by atoms with Crippen LogP contribution in [0.15, 0.2) is 35.7 Å². The molecule has 1 heterocycles. The third-order valence-corrected chi connectivity index (χ3v) is 3.55. The number of rotatable bonds is 4. The van der Waals surface area contributed by atoms with Crippen LogP contribution in [0.1, 0.15) is 5.56 Å². The van der Waals surface area contributed by atoms with Gasteiger partial charge in [0.2, 0.25) is 0 Å². The summed E-state index contributed by atoms with van der Waals surface area (Å²) in [7, 11) is 0. The molecule has 96 valence electrons. The first-order chi connectivity index (χ1) is 9.11. The van der Waals surface area contributed by atoms with Crippen molar-refractivity contribution in [3.05, 3.63) is 41.2 Å². The van der Waals surface area contributed by atoms with Crippen LogP contribution in [0, 0.1) is 11.3 Å². The van der Waals surface area contributed by atoms with Gasteiger partial charge in [-0.2, -0.15) is 5.26 Å². The molecule has 2 rings (SSSR count). The van der Waals surface area contributed by atoms with Crippen LogP contribution in [0.2, 0.25) is 5.02 Å². The highest BCUT2D eigenvalue weighted by molar-refractivity contribution is 7.99. The van der Waals surface area contributed by atoms with Gasteiger partial charge in [-0.25, -0.2) is 4.98 Å². The summed E-state index contributed by atoms with van der Waals surface area (Å²) in [5.41, 5.74) is 1.12. The van der Waals surface area contributed by atoms with E-state index in [1.165, 1.54) is 0 Å². The van der Waals surface area contributed by atoms with Crippen LogP contribution in [0.25, 0.3) is 5.69 Å². The van der Waals surface area contributed by atoms with Crippen LogP contribution in [0.4, 0.5) is 0 Å². The molecule has 0 spiro atoms. The Morgan fingerprint density at radius 3 is 3.00 bits per heavy atom. The molecule has 0 aliphatic rings. The monoisotopic (exact) mass is 293 g/mol. The zero-order valence-corrected chi connectivity index (χ0v) is 11.1. The van der Waals surface area contributed by atoms with Gasteiger partial charge in [0, 0.05) is 18.1 Å². The third kappa shape index (κ3) is 3.08. The van der Waals surface area contributed by atoms with Crippen LogP contribution in [0.5, 0.6) is 0 Å². The van der Waals surface area contributed by atoms with E-state index in [-0.39, 0.29) is 5.75 Å². The van der Waals surface area contributed by atoms with Gasteiger partial charge in [-0.1, -0.05) is 23.4 Å². The number of hydrogen-bond acceptors (Lipinski definition) is 4. The lowest BCUT2D eigenvalue weighted by atomic mass is 10.2. The van der Waals surface area contributed by atoms with Gasteiger partial charge in [0.1, 0.15) is 6.07 Å². The van der Waals surface area contributed by atoms with Crippen LogP contribution in [-0.4, -0.2) is 26.4 Å². The molecule has 1 aromatic heterocycles. The molecule has 1 aromatic carbocycles. The molecule has 2 aromatic rings. The van der Waals surface area contributed by atoms with E-state index in [1.807, 2.05) is 6.07 Å². The Balaban J connectivity index is 2.32. The van der Waals surface area contributed by atoms with E-state index in [2.05, 4.69) is 4.98 Å². The van der Waals surface area contributed by atoms with Crippen molar-refractivity contribution in [2.24, 2.45) is 0 Å². The summed E-state index contributed by atoms with van der Waals surface area (Å²) in [5, 5.41) is 18.4. The van der Waals surface area contributed by atoms with Crippen molar-refractivity contribution < 1.29 is 9.90 Å². The van der Waals surface area contributed by atoms with E-state index < -0.39 is 5.97 Å². The minimum atomic E-state index is -0.905. The standard InChI is InChI=1S/C12H8ClN3O2S/c13-10-5-9(2-1-8(10)6-14)16-4-3-15-12(16)19-7-11(17)18/h1-5H,7H2,(H,17,18). The van der Waals surface area contributed by atoms with E-state index in [4.69, 9.17) is 22.0 Å². The molecule has 0 amide bonds. The highest BCUT2D eigenvalue weighted by Gasteiger charge is 2.09. The van der Waals surface area contributed by atoms with Crippen LogP contribution < -0.4 is 0 Å². The third-order valence-electron chi connectivity index (χ3n) is 2.28. The number of aliphatic carboxylic acids is 1. The number of hydrogen-bond donors (Lipinski definition) is 1. The molecular formula is C12H8ClN3O2S. The van der Waals surface area contributed by atoms with Gasteiger partial charge >= 0.3 is 5.97 Å². The highest BCUT2D eigenvalue weighted by Crippen LogP contribution is 2.24. The Hall–Kier alpha value is -1.97. The molecule has 0 saturated carbocycles. The number of carboxylic acids is 1. The first kappa shape index (κ1) is 13.5. The van der Waals surface area contributed by atoms with Gasteiger partial charge in [0.25, 0.3) is 0 Å². The topological polar surface area (TPSA) is 78.9 Å². The van der Waals surface area contributed by atoms with Gasteiger partial charge < -0.3 is 5.11 Å². The zero-order chi connectivity index (χ0) is 13.8. The molecule has 0 saturated heterocycles. The SMILES string of the molecule is N#Cc1ccc(-n2ccnc2SCC(=O)O)cc1Cl. The van der Waals surface area contributed by atoms with E-state index >= 15 is 0 Å². The lowest BCUT2D eigenvalue weighted by Crippen LogP contribution is -2.01. The molecule has 1 N–H and O–H groups in total. The average molecular weight is 294 g/mol. The second-order valence-corrected chi connectivity index (χ2v) is 4.89. The number of carbonyl (C=O) groups is 1. The van der Waals surface area contributed by atoms with E-state index in [9.17, 15) is 4.79 Å².